The maximum atomic E-state index is 11.1. The van der Waals surface area contributed by atoms with E-state index >= 15 is 0 Å². The van der Waals surface area contributed by atoms with Gasteiger partial charge in [-0.2, -0.15) is 10.5 Å². The Morgan fingerprint density at radius 3 is 1.11 bits per heavy atom. The molecule has 2 heterocycles. The van der Waals surface area contributed by atoms with Crippen LogP contribution in [0.5, 0.6) is 0 Å². The fourth-order valence-corrected chi connectivity index (χ4v) is 7.00. The first-order valence-corrected chi connectivity index (χ1v) is 15.5. The summed E-state index contributed by atoms with van der Waals surface area (Å²) in [5.41, 5.74) is 13.8. The summed E-state index contributed by atoms with van der Waals surface area (Å²) in [7, 11) is 0. The largest absolute Gasteiger partial charge is 0.308 e. The predicted molar refractivity (Wildman–Crippen MR) is 189 cm³/mol. The Balaban J connectivity index is 1.56. The second kappa shape index (κ2) is 10.2. The van der Waals surface area contributed by atoms with E-state index in [1.165, 1.54) is 22.3 Å². The molecule has 0 fully saturated rings. The average Bonchev–Trinajstić information content (AvgIpc) is 3.55. The zero-order valence-corrected chi connectivity index (χ0v) is 26.2. The smallest absolute Gasteiger partial charge is 0.104 e. The van der Waals surface area contributed by atoms with Gasteiger partial charge in [-0.1, -0.05) is 58.7 Å². The van der Waals surface area contributed by atoms with E-state index in [1.807, 2.05) is 24.3 Å². The van der Waals surface area contributed by atoms with Gasteiger partial charge in [0.15, 0.2) is 0 Å². The van der Waals surface area contributed by atoms with Crippen LogP contribution in [0.3, 0.4) is 0 Å². The van der Waals surface area contributed by atoms with Gasteiger partial charge >= 0.3 is 0 Å². The minimum atomic E-state index is 0.595. The summed E-state index contributed by atoms with van der Waals surface area (Å²) in [5.74, 6) is 0. The summed E-state index contributed by atoms with van der Waals surface area (Å²) >= 11 is 0. The van der Waals surface area contributed by atoms with E-state index in [2.05, 4.69) is 134 Å². The first-order chi connectivity index (χ1) is 22.3. The summed E-state index contributed by atoms with van der Waals surface area (Å²) in [6.07, 6.45) is 0. The highest BCUT2D eigenvalue weighted by Gasteiger charge is 2.22. The van der Waals surface area contributed by atoms with E-state index < -0.39 is 0 Å². The van der Waals surface area contributed by atoms with Gasteiger partial charge in [0.1, 0.15) is 11.6 Å². The third kappa shape index (κ3) is 4.12. The second-order valence-electron chi connectivity index (χ2n) is 12.4. The van der Waals surface area contributed by atoms with Crippen molar-refractivity contribution in [1.29, 1.82) is 10.5 Å². The summed E-state index contributed by atoms with van der Waals surface area (Å²) in [6.45, 7) is 8.48. The van der Waals surface area contributed by atoms with Gasteiger partial charge in [-0.3, -0.25) is 0 Å². The zero-order valence-electron chi connectivity index (χ0n) is 26.2. The highest BCUT2D eigenvalue weighted by atomic mass is 15.0. The number of hydrogen-bond acceptors (Lipinski definition) is 2. The molecule has 218 valence electrons. The maximum Gasteiger partial charge on any atom is 0.104 e. The lowest BCUT2D eigenvalue weighted by atomic mass is 9.99. The van der Waals surface area contributed by atoms with Gasteiger partial charge in [-0.05, 0) is 112 Å². The Labute approximate surface area is 267 Å². The van der Waals surface area contributed by atoms with Crippen LogP contribution in [0.4, 0.5) is 0 Å². The van der Waals surface area contributed by atoms with Gasteiger partial charge in [0.2, 0.25) is 0 Å². The Kier molecular flexibility index (Phi) is 6.11. The van der Waals surface area contributed by atoms with Crippen LogP contribution in [0, 0.1) is 50.4 Å². The number of nitrogens with zero attached hydrogens (tertiary/aromatic N) is 4. The minimum Gasteiger partial charge on any atom is -0.308 e. The van der Waals surface area contributed by atoms with Gasteiger partial charge in [0.05, 0.1) is 45.1 Å². The maximum absolute atomic E-state index is 11.1. The van der Waals surface area contributed by atoms with Crippen LogP contribution in [-0.2, 0) is 0 Å². The fourth-order valence-electron chi connectivity index (χ4n) is 7.00. The van der Waals surface area contributed by atoms with Crippen LogP contribution in [0.25, 0.3) is 66.1 Å². The molecular weight excluding hydrogens is 560 g/mol. The first kappa shape index (κ1) is 27.4. The number of hydrogen-bond donors (Lipinski definition) is 0. The van der Waals surface area contributed by atoms with Crippen LogP contribution in [0.15, 0.2) is 109 Å². The second-order valence-corrected chi connectivity index (χ2v) is 12.4. The molecule has 0 aliphatic rings. The molecular formula is C42H30N4. The van der Waals surface area contributed by atoms with Crippen LogP contribution in [0.2, 0.25) is 0 Å². The quantitative estimate of drug-likeness (QED) is 0.206. The van der Waals surface area contributed by atoms with Crippen molar-refractivity contribution in [3.63, 3.8) is 0 Å². The lowest BCUT2D eigenvalue weighted by Gasteiger charge is -2.18. The number of aryl methyl sites for hydroxylation is 4. The van der Waals surface area contributed by atoms with E-state index in [9.17, 15) is 10.5 Å². The summed E-state index contributed by atoms with van der Waals surface area (Å²) in [6, 6.07) is 43.0. The Morgan fingerprint density at radius 2 is 0.783 bits per heavy atom. The third-order valence-electron chi connectivity index (χ3n) is 9.19. The molecule has 0 bridgehead atoms. The molecule has 8 rings (SSSR count). The van der Waals surface area contributed by atoms with Gasteiger partial charge in [0.25, 0.3) is 0 Å². The molecule has 4 heteroatoms. The lowest BCUT2D eigenvalue weighted by Crippen LogP contribution is -2.05. The zero-order chi connectivity index (χ0) is 31.7. The normalized spacial score (nSPS) is 11.4. The highest BCUT2D eigenvalue weighted by Crippen LogP contribution is 2.40. The van der Waals surface area contributed by atoms with Crippen molar-refractivity contribution in [2.45, 2.75) is 27.7 Å². The number of benzene rings is 6. The van der Waals surface area contributed by atoms with Gasteiger partial charge in [-0.25, -0.2) is 0 Å². The molecule has 2 aromatic heterocycles. The van der Waals surface area contributed by atoms with Gasteiger partial charge in [-0.15, -0.1) is 0 Å². The summed E-state index contributed by atoms with van der Waals surface area (Å²) in [5, 5.41) is 25.2. The van der Waals surface area contributed by atoms with Crippen LogP contribution >= 0.6 is 0 Å². The van der Waals surface area contributed by atoms with Crippen molar-refractivity contribution in [3.05, 3.63) is 143 Å². The SMILES string of the molecule is Cc1ccc2c(c1)c1cc(C)ccc1n2-c1cc(-c2ccc(C#N)cc2)cc(-n2c3ccc(C)cc3c3cc(C)ccc32)c1C#N. The molecule has 0 aliphatic carbocycles. The Bertz CT molecular complexity index is 2370. The molecule has 8 aromatic rings. The van der Waals surface area contributed by atoms with Crippen LogP contribution < -0.4 is 0 Å². The number of aromatic nitrogens is 2. The van der Waals surface area contributed by atoms with Crippen LogP contribution in [-0.4, -0.2) is 9.13 Å². The van der Waals surface area contributed by atoms with Crippen molar-refractivity contribution in [3.8, 4) is 34.6 Å². The van der Waals surface area contributed by atoms with Crippen molar-refractivity contribution in [2.75, 3.05) is 0 Å². The van der Waals surface area contributed by atoms with E-state index in [1.54, 1.807) is 0 Å². The van der Waals surface area contributed by atoms with Crippen LogP contribution in [0.1, 0.15) is 33.4 Å². The summed E-state index contributed by atoms with van der Waals surface area (Å²) in [4.78, 5) is 0. The topological polar surface area (TPSA) is 57.4 Å². The standard InChI is InChI=1S/C42H30N4/c1-25-5-13-37-32(17-25)33-18-26(2)6-14-38(33)45(37)41-21-31(30-11-9-29(23-43)10-12-30)22-42(36(41)24-44)46-39-15-7-27(3)19-34(39)35-20-28(4)8-16-40(35)46/h5-22H,1-4H3. The lowest BCUT2D eigenvalue weighted by molar-refractivity contribution is 1.12. The predicted octanol–water partition coefficient (Wildman–Crippen LogP) is 10.5. The average molecular weight is 591 g/mol. The van der Waals surface area contributed by atoms with Gasteiger partial charge in [0, 0.05) is 21.5 Å². The monoisotopic (exact) mass is 590 g/mol. The van der Waals surface area contributed by atoms with Crippen molar-refractivity contribution in [1.82, 2.24) is 9.13 Å². The highest BCUT2D eigenvalue weighted by molar-refractivity contribution is 6.11. The van der Waals surface area contributed by atoms with Crippen molar-refractivity contribution >= 4 is 43.6 Å². The van der Waals surface area contributed by atoms with Gasteiger partial charge < -0.3 is 9.13 Å². The third-order valence-corrected chi connectivity index (χ3v) is 9.19. The molecule has 0 spiro atoms. The molecule has 4 nitrogen and oxygen atoms in total. The molecule has 6 aromatic carbocycles. The molecule has 0 saturated carbocycles. The molecule has 0 radical (unpaired) electrons. The number of fused-ring (bicyclic) bond motifs is 6. The molecule has 0 saturated heterocycles. The first-order valence-electron chi connectivity index (χ1n) is 15.5. The van der Waals surface area contributed by atoms with E-state index in [0.29, 0.717) is 11.1 Å². The van der Waals surface area contributed by atoms with Crippen molar-refractivity contribution < 1.29 is 0 Å². The molecule has 46 heavy (non-hydrogen) atoms. The molecule has 0 atom stereocenters. The van der Waals surface area contributed by atoms with E-state index in [0.717, 1.165) is 66.1 Å². The van der Waals surface area contributed by atoms with Crippen molar-refractivity contribution in [2.24, 2.45) is 0 Å². The molecule has 0 aliphatic heterocycles. The Hall–Kier alpha value is -6.10. The number of rotatable bonds is 3. The molecule has 0 N–H and O–H groups in total. The molecule has 0 amide bonds. The van der Waals surface area contributed by atoms with E-state index in [4.69, 9.17) is 0 Å². The van der Waals surface area contributed by atoms with E-state index in [-0.39, 0.29) is 0 Å². The summed E-state index contributed by atoms with van der Waals surface area (Å²) < 4.78 is 4.50. The fraction of sp³-hybridized carbons (Fsp3) is 0.0952. The Morgan fingerprint density at radius 1 is 0.413 bits per heavy atom. The number of nitriles is 2. The molecule has 0 unspecified atom stereocenters. The minimum absolute atomic E-state index is 0.595.